The van der Waals surface area contributed by atoms with Gasteiger partial charge in [0.05, 0.1) is 27.9 Å². The molecule has 0 aliphatic carbocycles. The SMILES string of the molecule is CO[C@@H]1CN(C)C(=O)c2ccc(NC(=O)Nc3ccccc3Cl)cc2OC[C@@H](C)N(Cc2ccccc2C(=O)O)C[C@H]1C. The maximum atomic E-state index is 13.5. The number of nitrogens with zero attached hydrogens (tertiary/aromatic N) is 2. The van der Waals surface area contributed by atoms with Crippen LogP contribution >= 0.6 is 11.6 Å². The first kappa shape index (κ1) is 31.8. The van der Waals surface area contributed by atoms with Gasteiger partial charge in [-0.15, -0.1) is 0 Å². The van der Waals surface area contributed by atoms with E-state index in [1.807, 2.05) is 19.1 Å². The summed E-state index contributed by atoms with van der Waals surface area (Å²) in [5.74, 6) is -0.893. The van der Waals surface area contributed by atoms with Gasteiger partial charge in [0.1, 0.15) is 12.4 Å². The normalized spacial score (nSPS) is 19.8. The van der Waals surface area contributed by atoms with Gasteiger partial charge in [0.25, 0.3) is 5.91 Å². The third kappa shape index (κ3) is 8.04. The summed E-state index contributed by atoms with van der Waals surface area (Å²) in [6, 6.07) is 18.1. The highest BCUT2D eigenvalue weighted by Crippen LogP contribution is 2.28. The number of carbonyl (C=O) groups excluding carboxylic acids is 2. The summed E-state index contributed by atoms with van der Waals surface area (Å²) in [7, 11) is 3.34. The van der Waals surface area contributed by atoms with Crippen molar-refractivity contribution in [2.75, 3.05) is 44.5 Å². The number of halogens is 1. The van der Waals surface area contributed by atoms with Crippen LogP contribution in [0.15, 0.2) is 66.7 Å². The van der Waals surface area contributed by atoms with Crippen molar-refractivity contribution in [2.45, 2.75) is 32.5 Å². The summed E-state index contributed by atoms with van der Waals surface area (Å²) >= 11 is 6.17. The molecule has 0 aromatic heterocycles. The molecule has 0 unspecified atom stereocenters. The van der Waals surface area contributed by atoms with E-state index in [1.54, 1.807) is 73.7 Å². The number of benzene rings is 3. The molecule has 4 rings (SSSR count). The van der Waals surface area contributed by atoms with Crippen molar-refractivity contribution >= 4 is 40.9 Å². The molecule has 1 aliphatic rings. The van der Waals surface area contributed by atoms with Crippen LogP contribution in [0, 0.1) is 5.92 Å². The van der Waals surface area contributed by atoms with Crippen LogP contribution in [0.3, 0.4) is 0 Å². The minimum absolute atomic E-state index is 0.0155. The lowest BCUT2D eigenvalue weighted by molar-refractivity contribution is 0.00915. The summed E-state index contributed by atoms with van der Waals surface area (Å²) in [6.45, 7) is 5.57. The van der Waals surface area contributed by atoms with Gasteiger partial charge in [0.15, 0.2) is 0 Å². The average Bonchev–Trinajstić information content (AvgIpc) is 2.98. The van der Waals surface area contributed by atoms with E-state index in [2.05, 4.69) is 22.5 Å². The molecule has 1 aliphatic heterocycles. The Morgan fingerprint density at radius 3 is 2.49 bits per heavy atom. The average molecular weight is 609 g/mol. The molecular formula is C32H37ClN4O6. The quantitative estimate of drug-likeness (QED) is 0.329. The van der Waals surface area contributed by atoms with Crippen LogP contribution in [-0.2, 0) is 11.3 Å². The van der Waals surface area contributed by atoms with E-state index in [9.17, 15) is 19.5 Å². The molecule has 0 radical (unpaired) electrons. The third-order valence-electron chi connectivity index (χ3n) is 7.58. The molecule has 43 heavy (non-hydrogen) atoms. The standard InChI is InChI=1S/C32H37ClN4O6/c1-20-16-37(17-22-9-5-6-10-24(22)31(39)40)21(2)19-43-28-15-23(34-32(41)35-27-12-8-7-11-26(27)33)13-14-25(28)30(38)36(3)18-29(20)42-4/h5-15,20-21,29H,16-19H2,1-4H3,(H,39,40)(H2,34,35,41)/t20-,21-,29-/m1/s1. The number of carbonyl (C=O) groups is 3. The Bertz CT molecular complexity index is 1470. The fourth-order valence-electron chi connectivity index (χ4n) is 5.08. The van der Waals surface area contributed by atoms with Crippen molar-refractivity contribution in [1.82, 2.24) is 9.80 Å². The Hall–Kier alpha value is -4.12. The van der Waals surface area contributed by atoms with Gasteiger partial charge in [-0.05, 0) is 48.7 Å². The molecule has 228 valence electrons. The number of carboxylic acid groups (broad SMARTS) is 1. The van der Waals surface area contributed by atoms with E-state index in [1.165, 1.54) is 0 Å². The molecule has 3 amide bonds. The molecule has 1 heterocycles. The number of methoxy groups -OCH3 is 1. The predicted octanol–water partition coefficient (Wildman–Crippen LogP) is 5.69. The fourth-order valence-corrected chi connectivity index (χ4v) is 5.26. The number of hydrogen-bond acceptors (Lipinski definition) is 6. The van der Waals surface area contributed by atoms with Gasteiger partial charge >= 0.3 is 12.0 Å². The van der Waals surface area contributed by atoms with Crippen LogP contribution in [-0.4, -0.2) is 78.8 Å². The number of ether oxygens (including phenoxy) is 2. The van der Waals surface area contributed by atoms with Crippen LogP contribution in [0.4, 0.5) is 16.2 Å². The maximum Gasteiger partial charge on any atom is 0.336 e. The van der Waals surface area contributed by atoms with E-state index in [0.29, 0.717) is 52.9 Å². The monoisotopic (exact) mass is 608 g/mol. The molecule has 11 heteroatoms. The highest BCUT2D eigenvalue weighted by atomic mass is 35.5. The molecule has 10 nitrogen and oxygen atoms in total. The first-order valence-corrected chi connectivity index (χ1v) is 14.4. The minimum atomic E-state index is -0.982. The highest BCUT2D eigenvalue weighted by Gasteiger charge is 2.29. The van der Waals surface area contributed by atoms with Crippen molar-refractivity contribution in [1.29, 1.82) is 0 Å². The van der Waals surface area contributed by atoms with Crippen molar-refractivity contribution in [3.8, 4) is 5.75 Å². The second kappa shape index (κ2) is 14.4. The van der Waals surface area contributed by atoms with Gasteiger partial charge in [-0.3, -0.25) is 9.69 Å². The molecule has 3 N–H and O–H groups in total. The van der Waals surface area contributed by atoms with Crippen molar-refractivity contribution in [2.24, 2.45) is 5.92 Å². The van der Waals surface area contributed by atoms with Crippen LogP contribution in [0.5, 0.6) is 5.75 Å². The fraction of sp³-hybridized carbons (Fsp3) is 0.344. The van der Waals surface area contributed by atoms with Crippen LogP contribution in [0.25, 0.3) is 0 Å². The minimum Gasteiger partial charge on any atom is -0.491 e. The highest BCUT2D eigenvalue weighted by molar-refractivity contribution is 6.33. The van der Waals surface area contributed by atoms with Gasteiger partial charge in [0, 0.05) is 51.6 Å². The molecule has 3 aromatic carbocycles. The predicted molar refractivity (Wildman–Crippen MR) is 166 cm³/mol. The second-order valence-corrected chi connectivity index (χ2v) is 11.2. The summed E-state index contributed by atoms with van der Waals surface area (Å²) in [4.78, 5) is 41.9. The van der Waals surface area contributed by atoms with E-state index >= 15 is 0 Å². The van der Waals surface area contributed by atoms with Gasteiger partial charge in [-0.25, -0.2) is 9.59 Å². The zero-order valence-electron chi connectivity index (χ0n) is 24.7. The van der Waals surface area contributed by atoms with Crippen LogP contribution < -0.4 is 15.4 Å². The Morgan fingerprint density at radius 1 is 1.05 bits per heavy atom. The Morgan fingerprint density at radius 2 is 1.77 bits per heavy atom. The Labute approximate surface area is 256 Å². The number of rotatable bonds is 6. The maximum absolute atomic E-state index is 13.5. The number of para-hydroxylation sites is 1. The summed E-state index contributed by atoms with van der Waals surface area (Å²) in [5, 5.41) is 15.6. The number of amides is 3. The summed E-state index contributed by atoms with van der Waals surface area (Å²) in [5.41, 5.74) is 2.17. The molecular weight excluding hydrogens is 572 g/mol. The number of aromatic carboxylic acids is 1. The number of hydrogen-bond donors (Lipinski definition) is 3. The summed E-state index contributed by atoms with van der Waals surface area (Å²) < 4.78 is 12.1. The number of carboxylic acids is 1. The molecule has 3 atom stereocenters. The van der Waals surface area contributed by atoms with Crippen molar-refractivity contribution in [3.63, 3.8) is 0 Å². The van der Waals surface area contributed by atoms with Crippen molar-refractivity contribution < 1.29 is 29.0 Å². The van der Waals surface area contributed by atoms with Crippen LogP contribution in [0.2, 0.25) is 5.02 Å². The third-order valence-corrected chi connectivity index (χ3v) is 7.91. The van der Waals surface area contributed by atoms with E-state index in [4.69, 9.17) is 21.1 Å². The Balaban J connectivity index is 1.62. The molecule has 0 saturated carbocycles. The van der Waals surface area contributed by atoms with Gasteiger partial charge in [-0.2, -0.15) is 0 Å². The van der Waals surface area contributed by atoms with Crippen molar-refractivity contribution in [3.05, 3.63) is 88.4 Å². The zero-order valence-corrected chi connectivity index (χ0v) is 25.4. The number of fused-ring (bicyclic) bond motifs is 1. The number of urea groups is 1. The lowest BCUT2D eigenvalue weighted by atomic mass is 10.00. The molecule has 0 saturated heterocycles. The van der Waals surface area contributed by atoms with E-state index in [-0.39, 0.29) is 36.1 Å². The molecule has 0 fully saturated rings. The van der Waals surface area contributed by atoms with E-state index < -0.39 is 12.0 Å². The lowest BCUT2D eigenvalue weighted by Gasteiger charge is -2.36. The smallest absolute Gasteiger partial charge is 0.336 e. The Kier molecular flexibility index (Phi) is 10.6. The number of nitrogens with one attached hydrogen (secondary N) is 2. The summed E-state index contributed by atoms with van der Waals surface area (Å²) in [6.07, 6.45) is -0.267. The topological polar surface area (TPSA) is 120 Å². The zero-order chi connectivity index (χ0) is 31.1. The first-order chi connectivity index (χ1) is 20.6. The lowest BCUT2D eigenvalue weighted by Crippen LogP contribution is -2.46. The van der Waals surface area contributed by atoms with Gasteiger partial charge in [0.2, 0.25) is 0 Å². The first-order valence-electron chi connectivity index (χ1n) is 14.0. The largest absolute Gasteiger partial charge is 0.491 e. The number of likely N-dealkylation sites (N-methyl/N-ethyl adjacent to an activating group) is 1. The van der Waals surface area contributed by atoms with Gasteiger partial charge < -0.3 is 30.1 Å². The second-order valence-electron chi connectivity index (χ2n) is 10.8. The molecule has 3 aromatic rings. The van der Waals surface area contributed by atoms with E-state index in [0.717, 1.165) is 0 Å². The molecule has 0 bridgehead atoms. The van der Waals surface area contributed by atoms with Gasteiger partial charge in [-0.1, -0.05) is 48.9 Å². The van der Waals surface area contributed by atoms with Crippen LogP contribution in [0.1, 0.15) is 40.1 Å². The number of anilines is 2. The molecule has 0 spiro atoms.